The molecule has 1 nitrogen and oxygen atoms in total. The number of benzene rings is 1. The number of anilines is 1. The first-order chi connectivity index (χ1) is 5.49. The molecule has 0 heterocycles. The first-order valence-corrected chi connectivity index (χ1v) is 14.9. The summed E-state index contributed by atoms with van der Waals surface area (Å²) in [5.41, 5.74) is 8.17. The van der Waals surface area contributed by atoms with Gasteiger partial charge in [-0.1, -0.05) is 0 Å². The third-order valence-corrected chi connectivity index (χ3v) is 5.89. The van der Waals surface area contributed by atoms with E-state index in [-0.39, 0.29) is 0 Å². The van der Waals surface area contributed by atoms with Gasteiger partial charge in [0.25, 0.3) is 0 Å². The van der Waals surface area contributed by atoms with Crippen LogP contribution in [0.15, 0.2) is 24.3 Å². The Labute approximate surface area is 78.8 Å². The third kappa shape index (κ3) is 3.05. The first-order valence-electron chi connectivity index (χ1n) is 4.32. The SMILES string of the molecule is [CH3][Sn]([CH3])([CH3])[CH2]c1ccccc1N. The van der Waals surface area contributed by atoms with E-state index >= 15 is 0 Å². The van der Waals surface area contributed by atoms with Crippen LogP contribution in [-0.2, 0) is 4.44 Å². The van der Waals surface area contributed by atoms with Crippen molar-refractivity contribution in [3.63, 3.8) is 0 Å². The first kappa shape index (κ1) is 9.90. The molecule has 0 atom stereocenters. The van der Waals surface area contributed by atoms with Crippen LogP contribution in [0.5, 0.6) is 0 Å². The quantitative estimate of drug-likeness (QED) is 0.649. The molecule has 0 aromatic heterocycles. The minimum atomic E-state index is -1.69. The average molecular weight is 270 g/mol. The van der Waals surface area contributed by atoms with Gasteiger partial charge in [-0.2, -0.15) is 0 Å². The van der Waals surface area contributed by atoms with Crippen molar-refractivity contribution in [1.82, 2.24) is 0 Å². The Hall–Kier alpha value is -0.181. The van der Waals surface area contributed by atoms with E-state index in [1.54, 1.807) is 0 Å². The minimum absolute atomic E-state index is 0.962. The molecule has 0 saturated carbocycles. The van der Waals surface area contributed by atoms with Gasteiger partial charge in [-0.15, -0.1) is 0 Å². The number of para-hydroxylation sites is 1. The van der Waals surface area contributed by atoms with E-state index < -0.39 is 18.4 Å². The van der Waals surface area contributed by atoms with Crippen molar-refractivity contribution in [1.29, 1.82) is 0 Å². The zero-order valence-corrected chi connectivity index (χ0v) is 10.9. The van der Waals surface area contributed by atoms with Crippen molar-refractivity contribution in [2.45, 2.75) is 19.3 Å². The van der Waals surface area contributed by atoms with Gasteiger partial charge in [0.05, 0.1) is 0 Å². The van der Waals surface area contributed by atoms with Crippen molar-refractivity contribution in [3.05, 3.63) is 29.8 Å². The van der Waals surface area contributed by atoms with Gasteiger partial charge < -0.3 is 0 Å². The van der Waals surface area contributed by atoms with Gasteiger partial charge in [0.15, 0.2) is 0 Å². The van der Waals surface area contributed by atoms with Gasteiger partial charge in [-0.25, -0.2) is 0 Å². The van der Waals surface area contributed by atoms with Crippen molar-refractivity contribution in [3.8, 4) is 0 Å². The molecule has 0 unspecified atom stereocenters. The van der Waals surface area contributed by atoms with E-state index in [1.165, 1.54) is 10.0 Å². The normalized spacial score (nSPS) is 11.6. The van der Waals surface area contributed by atoms with Crippen LogP contribution in [0.1, 0.15) is 5.56 Å². The molecule has 66 valence electrons. The van der Waals surface area contributed by atoms with E-state index in [0.29, 0.717) is 0 Å². The van der Waals surface area contributed by atoms with Gasteiger partial charge in [-0.05, 0) is 0 Å². The molecular weight excluding hydrogens is 253 g/mol. The molecule has 0 aliphatic heterocycles. The Kier molecular flexibility index (Phi) is 3.04. The van der Waals surface area contributed by atoms with Gasteiger partial charge in [-0.3, -0.25) is 0 Å². The summed E-state index contributed by atoms with van der Waals surface area (Å²) in [7, 11) is 0. The second-order valence-corrected chi connectivity index (χ2v) is 20.1. The van der Waals surface area contributed by atoms with Gasteiger partial charge in [0.2, 0.25) is 0 Å². The summed E-state index contributed by atoms with van der Waals surface area (Å²) >= 11 is -1.69. The molecule has 1 aromatic rings. The second-order valence-electron chi connectivity index (χ2n) is 4.44. The molecule has 0 fully saturated rings. The molecule has 1 aromatic carbocycles. The fourth-order valence-corrected chi connectivity index (χ4v) is 5.45. The standard InChI is InChI=1S/C7H8N.3CH3.Sn/c1-6-4-2-3-5-7(6)8;;;;/h2-5H,1,8H2;3*1H3;. The maximum atomic E-state index is 5.86. The van der Waals surface area contributed by atoms with Crippen molar-refractivity contribution >= 4 is 24.1 Å². The summed E-state index contributed by atoms with van der Waals surface area (Å²) in [5.74, 6) is 0. The summed E-state index contributed by atoms with van der Waals surface area (Å²) in [5, 5.41) is 0. The number of nitrogens with two attached hydrogens (primary N) is 1. The molecule has 2 N–H and O–H groups in total. The fourth-order valence-electron chi connectivity index (χ4n) is 1.27. The van der Waals surface area contributed by atoms with Crippen LogP contribution >= 0.6 is 0 Å². The van der Waals surface area contributed by atoms with Crippen LogP contribution in [0.2, 0.25) is 14.8 Å². The van der Waals surface area contributed by atoms with Crippen LogP contribution in [-0.4, -0.2) is 18.4 Å². The fraction of sp³-hybridized carbons (Fsp3) is 0.400. The molecular formula is C10H17NSn. The van der Waals surface area contributed by atoms with Crippen LogP contribution in [0.25, 0.3) is 0 Å². The second kappa shape index (κ2) is 3.69. The zero-order valence-electron chi connectivity index (χ0n) is 8.09. The molecule has 0 amide bonds. The molecule has 2 heteroatoms. The summed E-state index contributed by atoms with van der Waals surface area (Å²) in [6, 6.07) is 8.21. The van der Waals surface area contributed by atoms with E-state index in [2.05, 4.69) is 27.0 Å². The van der Waals surface area contributed by atoms with E-state index in [1.807, 2.05) is 12.1 Å². The maximum absolute atomic E-state index is 5.86. The van der Waals surface area contributed by atoms with E-state index in [9.17, 15) is 0 Å². The molecule has 0 radical (unpaired) electrons. The third-order valence-electron chi connectivity index (χ3n) is 1.78. The summed E-state index contributed by atoms with van der Waals surface area (Å²) in [4.78, 5) is 7.30. The summed E-state index contributed by atoms with van der Waals surface area (Å²) in [6.07, 6.45) is 0. The molecule has 0 aliphatic carbocycles. The predicted molar refractivity (Wildman–Crippen MR) is 57.9 cm³/mol. The van der Waals surface area contributed by atoms with E-state index in [0.717, 1.165) is 5.69 Å². The molecule has 0 bridgehead atoms. The summed E-state index contributed by atoms with van der Waals surface area (Å²) in [6.45, 7) is 0. The van der Waals surface area contributed by atoms with Crippen molar-refractivity contribution in [2.75, 3.05) is 5.73 Å². The van der Waals surface area contributed by atoms with E-state index in [4.69, 9.17) is 5.73 Å². The number of hydrogen-bond acceptors (Lipinski definition) is 1. The summed E-state index contributed by atoms with van der Waals surface area (Å²) < 4.78 is 1.25. The van der Waals surface area contributed by atoms with Crippen LogP contribution < -0.4 is 5.73 Å². The average Bonchev–Trinajstić information content (AvgIpc) is 1.91. The predicted octanol–water partition coefficient (Wildman–Crippen LogP) is 2.69. The Morgan fingerprint density at radius 1 is 1.17 bits per heavy atom. The molecule has 0 saturated heterocycles. The Morgan fingerprint density at radius 3 is 2.25 bits per heavy atom. The topological polar surface area (TPSA) is 26.0 Å². The Balaban J connectivity index is 2.83. The molecule has 0 aliphatic rings. The molecule has 1 rings (SSSR count). The number of rotatable bonds is 2. The van der Waals surface area contributed by atoms with Crippen LogP contribution in [0.4, 0.5) is 5.69 Å². The van der Waals surface area contributed by atoms with Gasteiger partial charge in [0, 0.05) is 0 Å². The van der Waals surface area contributed by atoms with Crippen molar-refractivity contribution < 1.29 is 0 Å². The molecule has 12 heavy (non-hydrogen) atoms. The zero-order chi connectivity index (χ0) is 9.19. The Morgan fingerprint density at radius 2 is 1.75 bits per heavy atom. The number of hydrogen-bond donors (Lipinski definition) is 1. The van der Waals surface area contributed by atoms with Gasteiger partial charge in [0.1, 0.15) is 0 Å². The van der Waals surface area contributed by atoms with Crippen LogP contribution in [0, 0.1) is 0 Å². The molecule has 0 spiro atoms. The monoisotopic (exact) mass is 271 g/mol. The van der Waals surface area contributed by atoms with Crippen molar-refractivity contribution in [2.24, 2.45) is 0 Å². The Bertz CT molecular complexity index is 263. The van der Waals surface area contributed by atoms with Gasteiger partial charge >= 0.3 is 78.9 Å². The van der Waals surface area contributed by atoms with Crippen LogP contribution in [0.3, 0.4) is 0 Å². The number of nitrogen functional groups attached to an aromatic ring is 1.